The lowest BCUT2D eigenvalue weighted by molar-refractivity contribution is 0.0904. The van der Waals surface area contributed by atoms with Crippen molar-refractivity contribution < 1.29 is 19.3 Å². The molecule has 180 valence electrons. The Hall–Kier alpha value is -3.01. The Morgan fingerprint density at radius 2 is 1.88 bits per heavy atom. The number of hydrogen-bond donors (Lipinski definition) is 1. The van der Waals surface area contributed by atoms with Gasteiger partial charge in [-0.25, -0.2) is 4.98 Å². The van der Waals surface area contributed by atoms with Crippen molar-refractivity contribution in [2.45, 2.75) is 31.5 Å². The van der Waals surface area contributed by atoms with E-state index >= 15 is 0 Å². The summed E-state index contributed by atoms with van der Waals surface area (Å²) in [4.78, 5) is 19.2. The minimum absolute atomic E-state index is 0.106. The molecule has 0 saturated carbocycles. The number of hydrogen-bond acceptors (Lipinski definition) is 9. The SMILES string of the molecule is COCCN(C)c1nc(N2C3CCC2COC3)c2ccc(-c3ccc(OC)c(CO)c3)nc2n1. The Morgan fingerprint density at radius 1 is 1.09 bits per heavy atom. The highest BCUT2D eigenvalue weighted by Crippen LogP contribution is 2.37. The number of aliphatic hydroxyl groups is 1. The van der Waals surface area contributed by atoms with Gasteiger partial charge in [0, 0.05) is 31.8 Å². The van der Waals surface area contributed by atoms with Crippen LogP contribution in [0, 0.1) is 0 Å². The maximum absolute atomic E-state index is 9.74. The van der Waals surface area contributed by atoms with Crippen LogP contribution in [0.2, 0.25) is 0 Å². The van der Waals surface area contributed by atoms with Crippen molar-refractivity contribution in [1.29, 1.82) is 0 Å². The lowest BCUT2D eigenvalue weighted by atomic mass is 10.1. The van der Waals surface area contributed by atoms with Gasteiger partial charge in [-0.05, 0) is 43.2 Å². The van der Waals surface area contributed by atoms with Crippen LogP contribution in [0.5, 0.6) is 5.75 Å². The molecule has 2 bridgehead atoms. The van der Waals surface area contributed by atoms with Crippen LogP contribution in [0.25, 0.3) is 22.3 Å². The summed E-state index contributed by atoms with van der Waals surface area (Å²) in [6, 6.07) is 10.4. The predicted molar refractivity (Wildman–Crippen MR) is 130 cm³/mol. The smallest absolute Gasteiger partial charge is 0.229 e. The first-order chi connectivity index (χ1) is 16.6. The molecule has 0 aliphatic carbocycles. The number of aliphatic hydroxyl groups excluding tert-OH is 1. The molecule has 4 heterocycles. The second kappa shape index (κ2) is 9.69. The summed E-state index contributed by atoms with van der Waals surface area (Å²) < 4.78 is 16.4. The molecular formula is C25H31N5O4. The largest absolute Gasteiger partial charge is 0.496 e. The normalized spacial score (nSPS) is 19.6. The zero-order chi connectivity index (χ0) is 23.7. The lowest BCUT2D eigenvalue weighted by Crippen LogP contribution is -2.46. The zero-order valence-electron chi connectivity index (χ0n) is 19.9. The monoisotopic (exact) mass is 465 g/mol. The van der Waals surface area contributed by atoms with E-state index in [4.69, 9.17) is 29.2 Å². The van der Waals surface area contributed by atoms with Crippen molar-refractivity contribution in [1.82, 2.24) is 15.0 Å². The van der Waals surface area contributed by atoms with Crippen molar-refractivity contribution >= 4 is 22.8 Å². The Morgan fingerprint density at radius 3 is 2.59 bits per heavy atom. The summed E-state index contributed by atoms with van der Waals surface area (Å²) in [5, 5.41) is 10.7. The van der Waals surface area contributed by atoms with Gasteiger partial charge in [-0.2, -0.15) is 9.97 Å². The van der Waals surface area contributed by atoms with Gasteiger partial charge in [-0.1, -0.05) is 0 Å². The van der Waals surface area contributed by atoms with Gasteiger partial charge in [0.15, 0.2) is 5.65 Å². The molecule has 1 N–H and O–H groups in total. The van der Waals surface area contributed by atoms with Gasteiger partial charge in [0.1, 0.15) is 11.6 Å². The third kappa shape index (κ3) is 4.15. The molecule has 2 unspecified atom stereocenters. The molecule has 1 aromatic carbocycles. The molecule has 5 rings (SSSR count). The lowest BCUT2D eigenvalue weighted by Gasteiger charge is -2.36. The molecule has 9 nitrogen and oxygen atoms in total. The third-order valence-electron chi connectivity index (χ3n) is 6.73. The number of pyridine rings is 1. The van der Waals surface area contributed by atoms with Crippen LogP contribution in [0.3, 0.4) is 0 Å². The molecule has 0 spiro atoms. The first-order valence-corrected chi connectivity index (χ1v) is 11.7. The number of fused-ring (bicyclic) bond motifs is 3. The van der Waals surface area contributed by atoms with Crippen molar-refractivity contribution in [3.63, 3.8) is 0 Å². The number of methoxy groups -OCH3 is 2. The fourth-order valence-corrected chi connectivity index (χ4v) is 4.88. The van der Waals surface area contributed by atoms with Crippen LogP contribution in [0.4, 0.5) is 11.8 Å². The summed E-state index contributed by atoms with van der Waals surface area (Å²) in [6.07, 6.45) is 2.21. The molecule has 2 fully saturated rings. The van der Waals surface area contributed by atoms with Crippen molar-refractivity contribution in [3.8, 4) is 17.0 Å². The minimum atomic E-state index is -0.106. The van der Waals surface area contributed by atoms with Crippen LogP contribution in [0.1, 0.15) is 18.4 Å². The molecule has 0 amide bonds. The number of morpholine rings is 1. The average Bonchev–Trinajstić information content (AvgIpc) is 3.12. The first kappa shape index (κ1) is 22.8. The topological polar surface area (TPSA) is 93.1 Å². The molecule has 2 atom stereocenters. The molecule has 3 aromatic rings. The maximum atomic E-state index is 9.74. The number of aromatic nitrogens is 3. The van der Waals surface area contributed by atoms with Crippen LogP contribution in [0.15, 0.2) is 30.3 Å². The zero-order valence-corrected chi connectivity index (χ0v) is 19.9. The fraction of sp³-hybridized carbons (Fsp3) is 0.480. The first-order valence-electron chi connectivity index (χ1n) is 11.7. The van der Waals surface area contributed by atoms with E-state index in [2.05, 4.69) is 11.0 Å². The summed E-state index contributed by atoms with van der Waals surface area (Å²) in [5.74, 6) is 2.20. The number of likely N-dealkylation sites (N-methyl/N-ethyl adjacent to an activating group) is 1. The van der Waals surface area contributed by atoms with Crippen molar-refractivity contribution in [3.05, 3.63) is 35.9 Å². The highest BCUT2D eigenvalue weighted by molar-refractivity contribution is 5.90. The highest BCUT2D eigenvalue weighted by Gasteiger charge is 2.39. The highest BCUT2D eigenvalue weighted by atomic mass is 16.5. The molecule has 2 aliphatic heterocycles. The number of ether oxygens (including phenoxy) is 3. The fourth-order valence-electron chi connectivity index (χ4n) is 4.88. The molecule has 2 aromatic heterocycles. The van der Waals surface area contributed by atoms with Gasteiger partial charge in [0.25, 0.3) is 0 Å². The Bertz CT molecular complexity index is 1160. The van der Waals surface area contributed by atoms with E-state index in [1.807, 2.05) is 36.2 Å². The minimum Gasteiger partial charge on any atom is -0.496 e. The number of nitrogens with zero attached hydrogens (tertiary/aromatic N) is 5. The average molecular weight is 466 g/mol. The van der Waals surface area contributed by atoms with Crippen LogP contribution in [-0.4, -0.2) is 79.8 Å². The van der Waals surface area contributed by atoms with Gasteiger partial charge in [0.2, 0.25) is 5.95 Å². The Balaban J connectivity index is 1.62. The maximum Gasteiger partial charge on any atom is 0.229 e. The van der Waals surface area contributed by atoms with Crippen molar-refractivity contribution in [2.24, 2.45) is 0 Å². The van der Waals surface area contributed by atoms with Crippen LogP contribution >= 0.6 is 0 Å². The van der Waals surface area contributed by atoms with E-state index in [0.29, 0.717) is 42.6 Å². The summed E-state index contributed by atoms with van der Waals surface area (Å²) in [6.45, 7) is 2.59. The van der Waals surface area contributed by atoms with Gasteiger partial charge in [0.05, 0.1) is 56.7 Å². The van der Waals surface area contributed by atoms with E-state index in [0.717, 1.165) is 54.1 Å². The van der Waals surface area contributed by atoms with Gasteiger partial charge >= 0.3 is 0 Å². The van der Waals surface area contributed by atoms with E-state index in [1.165, 1.54) is 0 Å². The van der Waals surface area contributed by atoms with Gasteiger partial charge in [-0.3, -0.25) is 0 Å². The molecule has 2 saturated heterocycles. The Kier molecular flexibility index (Phi) is 6.49. The predicted octanol–water partition coefficient (Wildman–Crippen LogP) is 2.64. The number of rotatable bonds is 8. The number of anilines is 2. The molecule has 34 heavy (non-hydrogen) atoms. The summed E-state index contributed by atoms with van der Waals surface area (Å²) >= 11 is 0. The van der Waals surface area contributed by atoms with Gasteiger partial charge in [-0.15, -0.1) is 0 Å². The molecule has 9 heteroatoms. The van der Waals surface area contributed by atoms with Crippen LogP contribution in [-0.2, 0) is 16.1 Å². The van der Waals surface area contributed by atoms with E-state index in [9.17, 15) is 5.11 Å². The van der Waals surface area contributed by atoms with Crippen molar-refractivity contribution in [2.75, 3.05) is 57.4 Å². The standard InChI is InChI=1S/C25H31N5O4/c1-29(10-11-32-2)25-27-23-20(24(28-25)30-18-5-6-19(30)15-34-14-18)7-8-21(26-23)16-4-9-22(33-3)17(12-16)13-31/h4,7-9,12,18-19,31H,5-6,10-11,13-15H2,1-3H3. The van der Waals surface area contributed by atoms with Gasteiger partial charge < -0.3 is 29.1 Å². The number of benzene rings is 1. The second-order valence-electron chi connectivity index (χ2n) is 8.84. The van der Waals surface area contributed by atoms with Crippen LogP contribution < -0.4 is 14.5 Å². The molecule has 2 aliphatic rings. The van der Waals surface area contributed by atoms with E-state index in [1.54, 1.807) is 14.2 Å². The molecular weight excluding hydrogens is 434 g/mol. The molecule has 0 radical (unpaired) electrons. The van der Waals surface area contributed by atoms with E-state index < -0.39 is 0 Å². The summed E-state index contributed by atoms with van der Waals surface area (Å²) in [5.41, 5.74) is 3.04. The quantitative estimate of drug-likeness (QED) is 0.539. The third-order valence-corrected chi connectivity index (χ3v) is 6.73. The Labute approximate surface area is 199 Å². The van der Waals surface area contributed by atoms with E-state index in [-0.39, 0.29) is 6.61 Å². The summed E-state index contributed by atoms with van der Waals surface area (Å²) in [7, 11) is 5.26. The second-order valence-corrected chi connectivity index (χ2v) is 8.84.